The van der Waals surface area contributed by atoms with Crippen molar-refractivity contribution in [2.24, 2.45) is 5.92 Å². The van der Waals surface area contributed by atoms with Gasteiger partial charge in [0.2, 0.25) is 0 Å². The Morgan fingerprint density at radius 1 is 1.11 bits per heavy atom. The zero-order valence-corrected chi connectivity index (χ0v) is 12.4. The van der Waals surface area contributed by atoms with E-state index in [1.54, 1.807) is 0 Å². The van der Waals surface area contributed by atoms with Crippen molar-refractivity contribution < 1.29 is 9.47 Å². The Morgan fingerprint density at radius 2 is 1.84 bits per heavy atom. The molecule has 0 aliphatic rings. The highest BCUT2D eigenvalue weighted by Crippen LogP contribution is 2.07. The minimum absolute atomic E-state index is 0.656. The first-order valence-electron chi connectivity index (χ1n) is 7.16. The minimum Gasteiger partial charge on any atom is -0.379 e. The maximum Gasteiger partial charge on any atom is 0.0718 e. The van der Waals surface area contributed by atoms with Gasteiger partial charge in [-0.25, -0.2) is 0 Å². The molecule has 0 saturated heterocycles. The highest BCUT2D eigenvalue weighted by Gasteiger charge is 1.98. The van der Waals surface area contributed by atoms with Crippen LogP contribution in [0.15, 0.2) is 24.3 Å². The highest BCUT2D eigenvalue weighted by molar-refractivity contribution is 5.22. The molecule has 1 aromatic carbocycles. The normalized spacial score (nSPS) is 11.2. The van der Waals surface area contributed by atoms with Gasteiger partial charge in [0.05, 0.1) is 19.8 Å². The summed E-state index contributed by atoms with van der Waals surface area (Å²) in [5.41, 5.74) is 2.53. The molecule has 0 saturated carbocycles. The molecular formula is C16H27NO2. The molecule has 0 bridgehead atoms. The van der Waals surface area contributed by atoms with Crippen molar-refractivity contribution in [2.75, 3.05) is 26.4 Å². The molecule has 0 radical (unpaired) electrons. The SMILES string of the molecule is CCOCCOCc1cccc(CNCC(C)C)c1. The van der Waals surface area contributed by atoms with E-state index in [9.17, 15) is 0 Å². The van der Waals surface area contributed by atoms with E-state index in [1.165, 1.54) is 11.1 Å². The zero-order valence-electron chi connectivity index (χ0n) is 12.4. The molecule has 0 aromatic heterocycles. The number of ether oxygens (including phenoxy) is 2. The molecule has 0 amide bonds. The van der Waals surface area contributed by atoms with Gasteiger partial charge in [-0.15, -0.1) is 0 Å². The molecule has 19 heavy (non-hydrogen) atoms. The summed E-state index contributed by atoms with van der Waals surface area (Å²) in [6.07, 6.45) is 0. The van der Waals surface area contributed by atoms with Gasteiger partial charge in [-0.05, 0) is 30.5 Å². The van der Waals surface area contributed by atoms with E-state index in [-0.39, 0.29) is 0 Å². The van der Waals surface area contributed by atoms with Gasteiger partial charge in [-0.1, -0.05) is 38.1 Å². The lowest BCUT2D eigenvalue weighted by Gasteiger charge is -2.09. The molecule has 1 N–H and O–H groups in total. The molecule has 3 heteroatoms. The molecule has 0 spiro atoms. The third-order valence-electron chi connectivity index (χ3n) is 2.72. The Balaban J connectivity index is 2.27. The van der Waals surface area contributed by atoms with Crippen molar-refractivity contribution in [2.45, 2.75) is 33.9 Å². The Hall–Kier alpha value is -0.900. The average Bonchev–Trinajstić information content (AvgIpc) is 2.39. The van der Waals surface area contributed by atoms with Crippen LogP contribution in [0.5, 0.6) is 0 Å². The average molecular weight is 265 g/mol. The minimum atomic E-state index is 0.656. The summed E-state index contributed by atoms with van der Waals surface area (Å²) in [6, 6.07) is 8.55. The fourth-order valence-electron chi connectivity index (χ4n) is 1.79. The van der Waals surface area contributed by atoms with Crippen LogP contribution in [0.25, 0.3) is 0 Å². The number of hydrogen-bond donors (Lipinski definition) is 1. The largest absolute Gasteiger partial charge is 0.379 e. The van der Waals surface area contributed by atoms with E-state index in [0.29, 0.717) is 25.7 Å². The molecular weight excluding hydrogens is 238 g/mol. The maximum atomic E-state index is 5.57. The molecule has 3 nitrogen and oxygen atoms in total. The first-order valence-corrected chi connectivity index (χ1v) is 7.16. The lowest BCUT2D eigenvalue weighted by molar-refractivity contribution is 0.0453. The summed E-state index contributed by atoms with van der Waals surface area (Å²) in [7, 11) is 0. The second kappa shape index (κ2) is 9.96. The van der Waals surface area contributed by atoms with Crippen LogP contribution < -0.4 is 5.32 Å². The second-order valence-corrected chi connectivity index (χ2v) is 5.09. The van der Waals surface area contributed by atoms with Crippen LogP contribution in [0.1, 0.15) is 31.9 Å². The van der Waals surface area contributed by atoms with Crippen LogP contribution in [-0.4, -0.2) is 26.4 Å². The lowest BCUT2D eigenvalue weighted by atomic mass is 10.1. The number of rotatable bonds is 10. The Morgan fingerprint density at radius 3 is 2.58 bits per heavy atom. The summed E-state index contributed by atoms with van der Waals surface area (Å²) in [5.74, 6) is 0.685. The van der Waals surface area contributed by atoms with Crippen molar-refractivity contribution in [3.8, 4) is 0 Å². The molecule has 1 rings (SSSR count). The van der Waals surface area contributed by atoms with Crippen molar-refractivity contribution in [3.05, 3.63) is 35.4 Å². The molecule has 108 valence electrons. The summed E-state index contributed by atoms with van der Waals surface area (Å²) < 4.78 is 10.8. The molecule has 0 fully saturated rings. The van der Waals surface area contributed by atoms with E-state index in [2.05, 4.69) is 43.4 Å². The molecule has 0 aliphatic carbocycles. The van der Waals surface area contributed by atoms with Crippen LogP contribution in [0.4, 0.5) is 0 Å². The van der Waals surface area contributed by atoms with Gasteiger partial charge >= 0.3 is 0 Å². The molecule has 0 heterocycles. The topological polar surface area (TPSA) is 30.5 Å². The van der Waals surface area contributed by atoms with E-state index in [1.807, 2.05) is 6.92 Å². The Labute approximate surface area is 117 Å². The monoisotopic (exact) mass is 265 g/mol. The Kier molecular flexibility index (Phi) is 8.47. The summed E-state index contributed by atoms with van der Waals surface area (Å²) >= 11 is 0. The summed E-state index contributed by atoms with van der Waals surface area (Å²) in [5, 5.41) is 3.45. The third kappa shape index (κ3) is 7.98. The van der Waals surface area contributed by atoms with Gasteiger partial charge in [0, 0.05) is 13.2 Å². The predicted octanol–water partition coefficient (Wildman–Crippen LogP) is 2.99. The van der Waals surface area contributed by atoms with Gasteiger partial charge in [0.1, 0.15) is 0 Å². The smallest absolute Gasteiger partial charge is 0.0718 e. The van der Waals surface area contributed by atoms with Crippen molar-refractivity contribution in [3.63, 3.8) is 0 Å². The zero-order chi connectivity index (χ0) is 13.9. The van der Waals surface area contributed by atoms with Crippen LogP contribution in [0, 0.1) is 5.92 Å². The molecule has 0 atom stereocenters. The van der Waals surface area contributed by atoms with Crippen molar-refractivity contribution in [1.82, 2.24) is 5.32 Å². The fourth-order valence-corrected chi connectivity index (χ4v) is 1.79. The van der Waals surface area contributed by atoms with Gasteiger partial charge in [0.25, 0.3) is 0 Å². The van der Waals surface area contributed by atoms with E-state index in [4.69, 9.17) is 9.47 Å². The lowest BCUT2D eigenvalue weighted by Crippen LogP contribution is -2.19. The van der Waals surface area contributed by atoms with E-state index < -0.39 is 0 Å². The van der Waals surface area contributed by atoms with E-state index in [0.717, 1.165) is 19.7 Å². The molecule has 0 aliphatic heterocycles. The van der Waals surface area contributed by atoms with Crippen LogP contribution in [-0.2, 0) is 22.6 Å². The Bertz CT molecular complexity index is 339. The van der Waals surface area contributed by atoms with Gasteiger partial charge in [-0.2, -0.15) is 0 Å². The van der Waals surface area contributed by atoms with Crippen molar-refractivity contribution in [1.29, 1.82) is 0 Å². The van der Waals surface area contributed by atoms with Gasteiger partial charge in [0.15, 0.2) is 0 Å². The standard InChI is InChI=1S/C16H27NO2/c1-4-18-8-9-19-13-16-7-5-6-15(10-16)12-17-11-14(2)3/h5-7,10,14,17H,4,8-9,11-13H2,1-3H3. The molecule has 1 aromatic rings. The second-order valence-electron chi connectivity index (χ2n) is 5.09. The first-order chi connectivity index (χ1) is 9.22. The van der Waals surface area contributed by atoms with Crippen LogP contribution in [0.2, 0.25) is 0 Å². The predicted molar refractivity (Wildman–Crippen MR) is 79.1 cm³/mol. The van der Waals surface area contributed by atoms with E-state index >= 15 is 0 Å². The van der Waals surface area contributed by atoms with Crippen LogP contribution in [0.3, 0.4) is 0 Å². The van der Waals surface area contributed by atoms with Crippen LogP contribution >= 0.6 is 0 Å². The molecule has 0 unspecified atom stereocenters. The fraction of sp³-hybridized carbons (Fsp3) is 0.625. The first kappa shape index (κ1) is 16.2. The number of hydrogen-bond acceptors (Lipinski definition) is 3. The highest BCUT2D eigenvalue weighted by atomic mass is 16.5. The summed E-state index contributed by atoms with van der Waals surface area (Å²) in [6.45, 7) is 11.1. The summed E-state index contributed by atoms with van der Waals surface area (Å²) in [4.78, 5) is 0. The maximum absolute atomic E-state index is 5.57. The van der Waals surface area contributed by atoms with Gasteiger partial charge < -0.3 is 14.8 Å². The number of benzene rings is 1. The van der Waals surface area contributed by atoms with Crippen molar-refractivity contribution >= 4 is 0 Å². The van der Waals surface area contributed by atoms with Gasteiger partial charge in [-0.3, -0.25) is 0 Å². The quantitative estimate of drug-likeness (QED) is 0.660. The third-order valence-corrected chi connectivity index (χ3v) is 2.72. The number of nitrogens with one attached hydrogen (secondary N) is 1.